The van der Waals surface area contributed by atoms with E-state index < -0.39 is 0 Å². The van der Waals surface area contributed by atoms with Crippen molar-refractivity contribution >= 4 is 0 Å². The van der Waals surface area contributed by atoms with Crippen molar-refractivity contribution in [3.63, 3.8) is 0 Å². The van der Waals surface area contributed by atoms with Gasteiger partial charge in [-0.1, -0.05) is 19.1 Å². The molecule has 0 amide bonds. The molecule has 0 aromatic rings. The maximum Gasteiger partial charge on any atom is -0.0302 e. The monoisotopic (exact) mass is 109 g/mol. The van der Waals surface area contributed by atoms with Crippen molar-refractivity contribution < 1.29 is 0 Å². The maximum absolute atomic E-state index is 3.18. The fourth-order valence-electron chi connectivity index (χ4n) is 0.588. The molecule has 0 nitrogen and oxygen atoms in total. The standard InChI is InChI=1S/C8H13/c1-4-6-8(3)7-5-2/h4,6H,5H2,1-3H3. The van der Waals surface area contributed by atoms with Crippen LogP contribution in [0.25, 0.3) is 0 Å². The van der Waals surface area contributed by atoms with Crippen molar-refractivity contribution in [2.45, 2.75) is 27.2 Å². The zero-order valence-corrected chi connectivity index (χ0v) is 5.86. The number of rotatable bonds is 2. The first-order valence-electron chi connectivity index (χ1n) is 3.01. The first-order chi connectivity index (χ1) is 3.81. The molecule has 0 spiro atoms. The minimum atomic E-state index is 1.01. The lowest BCUT2D eigenvalue weighted by Crippen LogP contribution is -1.65. The van der Waals surface area contributed by atoms with Crippen molar-refractivity contribution in [2.75, 3.05) is 0 Å². The summed E-state index contributed by atoms with van der Waals surface area (Å²) in [7, 11) is 0. The van der Waals surface area contributed by atoms with Crippen molar-refractivity contribution in [1.29, 1.82) is 0 Å². The average molecular weight is 109 g/mol. The van der Waals surface area contributed by atoms with E-state index in [1.165, 1.54) is 5.57 Å². The zero-order chi connectivity index (χ0) is 6.41. The van der Waals surface area contributed by atoms with Crippen LogP contribution in [0.15, 0.2) is 17.7 Å². The molecule has 0 bridgehead atoms. The van der Waals surface area contributed by atoms with Gasteiger partial charge in [-0.15, -0.1) is 0 Å². The summed E-state index contributed by atoms with van der Waals surface area (Å²) in [6.07, 6.45) is 8.27. The van der Waals surface area contributed by atoms with E-state index in [0.717, 1.165) is 6.42 Å². The molecule has 0 aromatic carbocycles. The van der Waals surface area contributed by atoms with E-state index in [4.69, 9.17) is 0 Å². The zero-order valence-electron chi connectivity index (χ0n) is 5.86. The van der Waals surface area contributed by atoms with Gasteiger partial charge < -0.3 is 0 Å². The topological polar surface area (TPSA) is 0 Å². The Morgan fingerprint density at radius 2 is 2.25 bits per heavy atom. The fraction of sp³-hybridized carbons (Fsp3) is 0.500. The number of allylic oxidation sites excluding steroid dienone is 4. The molecule has 0 heteroatoms. The SMILES string of the molecule is CC=CC(C)=[C]CC. The van der Waals surface area contributed by atoms with Gasteiger partial charge in [-0.25, -0.2) is 0 Å². The minimum Gasteiger partial charge on any atom is -0.0874 e. The second-order valence-corrected chi connectivity index (χ2v) is 1.71. The third kappa shape index (κ3) is 3.66. The largest absolute Gasteiger partial charge is 0.0874 e. The molecular weight excluding hydrogens is 96.1 g/mol. The van der Waals surface area contributed by atoms with Crippen LogP contribution in [0.2, 0.25) is 0 Å². The summed E-state index contributed by atoms with van der Waals surface area (Å²) in [4.78, 5) is 0. The Balaban J connectivity index is 3.61. The van der Waals surface area contributed by atoms with Crippen LogP contribution in [-0.2, 0) is 0 Å². The molecule has 0 aliphatic heterocycles. The summed E-state index contributed by atoms with van der Waals surface area (Å²) >= 11 is 0. The Kier molecular flexibility index (Phi) is 4.33. The Hall–Kier alpha value is -0.520. The lowest BCUT2D eigenvalue weighted by atomic mass is 10.2. The highest BCUT2D eigenvalue weighted by molar-refractivity contribution is 5.11. The lowest BCUT2D eigenvalue weighted by molar-refractivity contribution is 1.15. The van der Waals surface area contributed by atoms with Gasteiger partial charge in [-0.05, 0) is 31.9 Å². The molecule has 0 atom stereocenters. The first-order valence-corrected chi connectivity index (χ1v) is 3.01. The summed E-state index contributed by atoms with van der Waals surface area (Å²) in [5.41, 5.74) is 1.23. The minimum absolute atomic E-state index is 1.01. The third-order valence-corrected chi connectivity index (χ3v) is 0.872. The molecular formula is C8H13. The van der Waals surface area contributed by atoms with E-state index in [9.17, 15) is 0 Å². The summed E-state index contributed by atoms with van der Waals surface area (Å²) in [5, 5.41) is 0. The predicted molar refractivity (Wildman–Crippen MR) is 37.5 cm³/mol. The molecule has 45 valence electrons. The van der Waals surface area contributed by atoms with Crippen LogP contribution < -0.4 is 0 Å². The van der Waals surface area contributed by atoms with E-state index in [1.807, 2.05) is 13.0 Å². The van der Waals surface area contributed by atoms with Crippen molar-refractivity contribution in [3.8, 4) is 0 Å². The molecule has 0 N–H and O–H groups in total. The normalized spacial score (nSPS) is 13.1. The highest BCUT2D eigenvalue weighted by Crippen LogP contribution is 1.93. The maximum atomic E-state index is 3.18. The van der Waals surface area contributed by atoms with Crippen LogP contribution in [-0.4, -0.2) is 0 Å². The van der Waals surface area contributed by atoms with Crippen molar-refractivity contribution in [2.24, 2.45) is 0 Å². The van der Waals surface area contributed by atoms with Gasteiger partial charge in [0.05, 0.1) is 0 Å². The quantitative estimate of drug-likeness (QED) is 0.478. The molecule has 1 radical (unpaired) electrons. The molecule has 0 rings (SSSR count). The Morgan fingerprint density at radius 3 is 2.62 bits per heavy atom. The molecule has 0 aliphatic carbocycles. The smallest absolute Gasteiger partial charge is 0.0302 e. The van der Waals surface area contributed by atoms with Gasteiger partial charge in [0.25, 0.3) is 0 Å². The van der Waals surface area contributed by atoms with Gasteiger partial charge in [-0.3, -0.25) is 0 Å². The van der Waals surface area contributed by atoms with E-state index in [-0.39, 0.29) is 0 Å². The van der Waals surface area contributed by atoms with Gasteiger partial charge in [0.15, 0.2) is 0 Å². The lowest BCUT2D eigenvalue weighted by Gasteiger charge is -1.84. The molecule has 0 aromatic heterocycles. The number of hydrogen-bond donors (Lipinski definition) is 0. The molecule has 0 saturated heterocycles. The van der Waals surface area contributed by atoms with E-state index in [1.54, 1.807) is 0 Å². The van der Waals surface area contributed by atoms with Crippen LogP contribution in [0, 0.1) is 6.08 Å². The third-order valence-electron chi connectivity index (χ3n) is 0.872. The molecule has 0 heterocycles. The second-order valence-electron chi connectivity index (χ2n) is 1.71. The summed E-state index contributed by atoms with van der Waals surface area (Å²) in [6, 6.07) is 0. The Morgan fingerprint density at radius 1 is 1.62 bits per heavy atom. The van der Waals surface area contributed by atoms with Crippen LogP contribution >= 0.6 is 0 Å². The second kappa shape index (κ2) is 4.63. The molecule has 0 aliphatic rings. The van der Waals surface area contributed by atoms with Gasteiger partial charge in [0.2, 0.25) is 0 Å². The Labute approximate surface area is 51.9 Å². The van der Waals surface area contributed by atoms with Crippen LogP contribution in [0.3, 0.4) is 0 Å². The summed E-state index contributed by atoms with van der Waals surface area (Å²) < 4.78 is 0. The molecule has 8 heavy (non-hydrogen) atoms. The van der Waals surface area contributed by atoms with E-state index in [0.29, 0.717) is 0 Å². The van der Waals surface area contributed by atoms with Crippen LogP contribution in [0.5, 0.6) is 0 Å². The van der Waals surface area contributed by atoms with E-state index in [2.05, 4.69) is 26.0 Å². The molecule has 0 fully saturated rings. The van der Waals surface area contributed by atoms with Gasteiger partial charge in [0.1, 0.15) is 0 Å². The summed E-state index contributed by atoms with van der Waals surface area (Å²) in [5.74, 6) is 0. The molecule has 0 saturated carbocycles. The van der Waals surface area contributed by atoms with Crippen LogP contribution in [0.1, 0.15) is 27.2 Å². The first kappa shape index (κ1) is 7.48. The van der Waals surface area contributed by atoms with Gasteiger partial charge >= 0.3 is 0 Å². The highest BCUT2D eigenvalue weighted by atomic mass is 13.8. The van der Waals surface area contributed by atoms with Crippen LogP contribution in [0.4, 0.5) is 0 Å². The van der Waals surface area contributed by atoms with Crippen molar-refractivity contribution in [3.05, 3.63) is 23.8 Å². The van der Waals surface area contributed by atoms with E-state index >= 15 is 0 Å². The Bertz CT molecular complexity index is 96.6. The fourth-order valence-corrected chi connectivity index (χ4v) is 0.588. The van der Waals surface area contributed by atoms with Gasteiger partial charge in [-0.2, -0.15) is 0 Å². The van der Waals surface area contributed by atoms with Gasteiger partial charge in [0, 0.05) is 0 Å². The highest BCUT2D eigenvalue weighted by Gasteiger charge is 1.75. The predicted octanol–water partition coefficient (Wildman–Crippen LogP) is 2.72. The number of hydrogen-bond acceptors (Lipinski definition) is 0. The average Bonchev–Trinajstić information content (AvgIpc) is 1.68. The summed E-state index contributed by atoms with van der Waals surface area (Å²) in [6.45, 7) is 6.16. The molecule has 0 unspecified atom stereocenters. The van der Waals surface area contributed by atoms with Crippen molar-refractivity contribution in [1.82, 2.24) is 0 Å².